The van der Waals surface area contributed by atoms with Crippen molar-refractivity contribution in [3.05, 3.63) is 0 Å². The van der Waals surface area contributed by atoms with Gasteiger partial charge >= 0.3 is 5.97 Å². The molecule has 16 heavy (non-hydrogen) atoms. The van der Waals surface area contributed by atoms with Crippen molar-refractivity contribution < 1.29 is 9.90 Å². The van der Waals surface area contributed by atoms with Gasteiger partial charge in [-0.3, -0.25) is 4.79 Å². The van der Waals surface area contributed by atoms with E-state index in [4.69, 9.17) is 0 Å². The van der Waals surface area contributed by atoms with Crippen LogP contribution in [0.4, 0.5) is 0 Å². The lowest BCUT2D eigenvalue weighted by Crippen LogP contribution is -2.44. The molecule has 1 rings (SSSR count). The molecular formula is C13H25NO2. The summed E-state index contributed by atoms with van der Waals surface area (Å²) in [6, 6.07) is 0. The Balaban J connectivity index is 2.52. The lowest BCUT2D eigenvalue weighted by molar-refractivity contribution is -0.149. The molecule has 0 aliphatic carbocycles. The predicted molar refractivity (Wildman–Crippen MR) is 65.5 cm³/mol. The molecule has 1 N–H and O–H groups in total. The van der Waals surface area contributed by atoms with Crippen LogP contribution >= 0.6 is 0 Å². The molecule has 0 aromatic heterocycles. The van der Waals surface area contributed by atoms with Crippen molar-refractivity contribution in [1.82, 2.24) is 4.90 Å². The molecule has 1 aliphatic rings. The zero-order chi connectivity index (χ0) is 12.2. The molecule has 0 radical (unpaired) electrons. The third-order valence-electron chi connectivity index (χ3n) is 3.77. The standard InChI is InChI=1S/C13H25NO2/c1-4-7-13(3,12(15)16)10-14-8-5-11(2)6-9-14/h11H,4-10H2,1-3H3,(H,15,16). The Kier molecular flexibility index (Phi) is 4.78. The molecule has 1 fully saturated rings. The molecule has 1 unspecified atom stereocenters. The Morgan fingerprint density at radius 3 is 2.44 bits per heavy atom. The third kappa shape index (κ3) is 3.48. The highest BCUT2D eigenvalue weighted by Gasteiger charge is 2.34. The van der Waals surface area contributed by atoms with Crippen molar-refractivity contribution in [2.24, 2.45) is 11.3 Å². The Bertz CT molecular complexity index is 234. The zero-order valence-electron chi connectivity index (χ0n) is 10.8. The molecule has 1 saturated heterocycles. The number of likely N-dealkylation sites (tertiary alicyclic amines) is 1. The van der Waals surface area contributed by atoms with Crippen LogP contribution < -0.4 is 0 Å². The average molecular weight is 227 g/mol. The van der Waals surface area contributed by atoms with E-state index in [0.29, 0.717) is 6.54 Å². The van der Waals surface area contributed by atoms with Crippen LogP contribution in [0.25, 0.3) is 0 Å². The van der Waals surface area contributed by atoms with Gasteiger partial charge in [0, 0.05) is 6.54 Å². The molecular weight excluding hydrogens is 202 g/mol. The molecule has 0 saturated carbocycles. The highest BCUT2D eigenvalue weighted by Crippen LogP contribution is 2.27. The van der Waals surface area contributed by atoms with E-state index in [9.17, 15) is 9.90 Å². The van der Waals surface area contributed by atoms with Crippen molar-refractivity contribution in [2.45, 2.75) is 46.5 Å². The molecule has 0 amide bonds. The summed E-state index contributed by atoms with van der Waals surface area (Å²) < 4.78 is 0. The average Bonchev–Trinajstić information content (AvgIpc) is 2.22. The Morgan fingerprint density at radius 1 is 1.44 bits per heavy atom. The Labute approximate surface area is 98.8 Å². The van der Waals surface area contributed by atoms with Gasteiger partial charge in [-0.25, -0.2) is 0 Å². The first kappa shape index (κ1) is 13.5. The summed E-state index contributed by atoms with van der Waals surface area (Å²) in [6.07, 6.45) is 4.13. The minimum atomic E-state index is -0.645. The molecule has 1 aliphatic heterocycles. The number of aliphatic carboxylic acids is 1. The van der Waals surface area contributed by atoms with Crippen molar-refractivity contribution in [1.29, 1.82) is 0 Å². The molecule has 0 spiro atoms. The summed E-state index contributed by atoms with van der Waals surface area (Å²) in [5.74, 6) is 0.159. The number of hydrogen-bond acceptors (Lipinski definition) is 2. The second-order valence-electron chi connectivity index (χ2n) is 5.57. The quantitative estimate of drug-likeness (QED) is 0.785. The van der Waals surface area contributed by atoms with E-state index in [0.717, 1.165) is 31.8 Å². The monoisotopic (exact) mass is 227 g/mol. The van der Waals surface area contributed by atoms with E-state index in [1.54, 1.807) is 0 Å². The van der Waals surface area contributed by atoms with Gasteiger partial charge in [-0.05, 0) is 45.2 Å². The van der Waals surface area contributed by atoms with E-state index < -0.39 is 11.4 Å². The molecule has 0 bridgehead atoms. The lowest BCUT2D eigenvalue weighted by atomic mass is 9.84. The smallest absolute Gasteiger partial charge is 0.310 e. The van der Waals surface area contributed by atoms with E-state index in [2.05, 4.69) is 18.7 Å². The van der Waals surface area contributed by atoms with Gasteiger partial charge < -0.3 is 10.0 Å². The number of nitrogens with zero attached hydrogens (tertiary/aromatic N) is 1. The summed E-state index contributed by atoms with van der Waals surface area (Å²) in [4.78, 5) is 13.6. The number of carbonyl (C=O) groups is 1. The topological polar surface area (TPSA) is 40.5 Å². The minimum absolute atomic E-state index is 0.560. The molecule has 94 valence electrons. The minimum Gasteiger partial charge on any atom is -0.481 e. The van der Waals surface area contributed by atoms with Gasteiger partial charge in [-0.15, -0.1) is 0 Å². The SMILES string of the molecule is CCCC(C)(CN1CCC(C)CC1)C(=O)O. The van der Waals surface area contributed by atoms with Crippen molar-refractivity contribution in [3.63, 3.8) is 0 Å². The van der Waals surface area contributed by atoms with Crippen LogP contribution in [0.2, 0.25) is 0 Å². The highest BCUT2D eigenvalue weighted by molar-refractivity contribution is 5.74. The van der Waals surface area contributed by atoms with Gasteiger partial charge in [0.1, 0.15) is 0 Å². The summed E-state index contributed by atoms with van der Waals surface area (Å²) in [5, 5.41) is 9.32. The second-order valence-corrected chi connectivity index (χ2v) is 5.57. The first-order chi connectivity index (χ1) is 7.48. The normalized spacial score (nSPS) is 22.9. The zero-order valence-corrected chi connectivity index (χ0v) is 10.8. The largest absolute Gasteiger partial charge is 0.481 e. The van der Waals surface area contributed by atoms with E-state index in [1.807, 2.05) is 6.92 Å². The number of carboxylic acid groups (broad SMARTS) is 1. The number of rotatable bonds is 5. The number of carboxylic acids is 1. The Morgan fingerprint density at radius 2 is 2.00 bits per heavy atom. The van der Waals surface area contributed by atoms with Gasteiger partial charge in [-0.2, -0.15) is 0 Å². The lowest BCUT2D eigenvalue weighted by Gasteiger charge is -2.36. The fourth-order valence-corrected chi connectivity index (χ4v) is 2.52. The number of hydrogen-bond donors (Lipinski definition) is 1. The van der Waals surface area contributed by atoms with Crippen molar-refractivity contribution >= 4 is 5.97 Å². The van der Waals surface area contributed by atoms with E-state index >= 15 is 0 Å². The molecule has 1 atom stereocenters. The van der Waals surface area contributed by atoms with Gasteiger partial charge in [0.05, 0.1) is 5.41 Å². The fraction of sp³-hybridized carbons (Fsp3) is 0.923. The van der Waals surface area contributed by atoms with Gasteiger partial charge in [0.2, 0.25) is 0 Å². The van der Waals surface area contributed by atoms with Gasteiger partial charge in [0.15, 0.2) is 0 Å². The maximum absolute atomic E-state index is 11.3. The summed E-state index contributed by atoms with van der Waals surface area (Å²) in [5.41, 5.74) is -0.560. The van der Waals surface area contributed by atoms with Crippen molar-refractivity contribution in [2.75, 3.05) is 19.6 Å². The first-order valence-electron chi connectivity index (χ1n) is 6.43. The maximum Gasteiger partial charge on any atom is 0.310 e. The predicted octanol–water partition coefficient (Wildman–Crippen LogP) is 2.61. The number of piperidine rings is 1. The van der Waals surface area contributed by atoms with Crippen LogP contribution in [0.5, 0.6) is 0 Å². The van der Waals surface area contributed by atoms with Crippen LogP contribution in [0.3, 0.4) is 0 Å². The Hall–Kier alpha value is -0.570. The second kappa shape index (κ2) is 5.67. The van der Waals surface area contributed by atoms with Crippen LogP contribution in [0.15, 0.2) is 0 Å². The summed E-state index contributed by atoms with van der Waals surface area (Å²) >= 11 is 0. The summed E-state index contributed by atoms with van der Waals surface area (Å²) in [7, 11) is 0. The van der Waals surface area contributed by atoms with Crippen molar-refractivity contribution in [3.8, 4) is 0 Å². The molecule has 0 aromatic carbocycles. The highest BCUT2D eigenvalue weighted by atomic mass is 16.4. The maximum atomic E-state index is 11.3. The van der Waals surface area contributed by atoms with Crippen LogP contribution in [0.1, 0.15) is 46.5 Å². The molecule has 3 heteroatoms. The van der Waals surface area contributed by atoms with E-state index in [1.165, 1.54) is 12.8 Å². The summed E-state index contributed by atoms with van der Waals surface area (Å²) in [6.45, 7) is 9.06. The van der Waals surface area contributed by atoms with Gasteiger partial charge in [0.25, 0.3) is 0 Å². The fourth-order valence-electron chi connectivity index (χ4n) is 2.52. The molecule has 3 nitrogen and oxygen atoms in total. The molecule has 1 heterocycles. The third-order valence-corrected chi connectivity index (χ3v) is 3.77. The van der Waals surface area contributed by atoms with Crippen LogP contribution in [-0.4, -0.2) is 35.6 Å². The molecule has 0 aromatic rings. The van der Waals surface area contributed by atoms with Crippen LogP contribution in [0, 0.1) is 11.3 Å². The first-order valence-corrected chi connectivity index (χ1v) is 6.43. The van der Waals surface area contributed by atoms with E-state index in [-0.39, 0.29) is 0 Å². The van der Waals surface area contributed by atoms with Crippen LogP contribution in [-0.2, 0) is 4.79 Å². The van der Waals surface area contributed by atoms with Gasteiger partial charge in [-0.1, -0.05) is 20.3 Å².